The molecule has 6 heteroatoms. The topological polar surface area (TPSA) is 61.5 Å². The molecule has 6 nitrogen and oxygen atoms in total. The second kappa shape index (κ2) is 6.73. The van der Waals surface area contributed by atoms with Crippen molar-refractivity contribution >= 4 is 22.8 Å². The Morgan fingerprint density at radius 3 is 2.70 bits per heavy atom. The number of anilines is 1. The van der Waals surface area contributed by atoms with Crippen molar-refractivity contribution in [2.24, 2.45) is 0 Å². The van der Waals surface area contributed by atoms with Gasteiger partial charge in [0.25, 0.3) is 0 Å². The first-order valence-corrected chi connectivity index (χ1v) is 10.0. The van der Waals surface area contributed by atoms with E-state index in [9.17, 15) is 4.79 Å². The average Bonchev–Trinajstić information content (AvgIpc) is 2.96. The van der Waals surface area contributed by atoms with Gasteiger partial charge >= 0.3 is 6.09 Å². The van der Waals surface area contributed by atoms with E-state index in [2.05, 4.69) is 29.1 Å². The largest absolute Gasteiger partial charge is 0.444 e. The van der Waals surface area contributed by atoms with Crippen molar-refractivity contribution in [2.45, 2.75) is 64.5 Å². The van der Waals surface area contributed by atoms with Crippen molar-refractivity contribution in [2.75, 3.05) is 24.5 Å². The van der Waals surface area contributed by atoms with Gasteiger partial charge in [0.2, 0.25) is 0 Å². The van der Waals surface area contributed by atoms with E-state index < -0.39 is 5.60 Å². The lowest BCUT2D eigenvalue weighted by atomic mass is 9.80. The first kappa shape index (κ1) is 18.1. The van der Waals surface area contributed by atoms with Crippen LogP contribution in [0.4, 0.5) is 10.6 Å². The van der Waals surface area contributed by atoms with E-state index in [4.69, 9.17) is 9.72 Å². The number of amides is 1. The first-order valence-electron chi connectivity index (χ1n) is 10.0. The molecule has 0 spiro atoms. The molecule has 1 aliphatic heterocycles. The molecule has 1 N–H and O–H groups in total. The number of piperazine rings is 1. The molecule has 27 heavy (non-hydrogen) atoms. The molecule has 4 rings (SSSR count). The molecule has 2 fully saturated rings. The van der Waals surface area contributed by atoms with Crippen LogP contribution in [0.15, 0.2) is 18.5 Å². The van der Waals surface area contributed by atoms with Crippen molar-refractivity contribution in [3.8, 4) is 0 Å². The molecule has 0 aromatic carbocycles. The molecule has 146 valence electrons. The van der Waals surface area contributed by atoms with Crippen LogP contribution in [0.1, 0.15) is 58.4 Å². The van der Waals surface area contributed by atoms with Crippen LogP contribution in [0.5, 0.6) is 0 Å². The maximum atomic E-state index is 12.4. The number of hydrogen-bond acceptors (Lipinski definition) is 4. The Bertz CT molecular complexity index is 834. The Morgan fingerprint density at radius 2 is 2.07 bits per heavy atom. The lowest BCUT2D eigenvalue weighted by Crippen LogP contribution is -2.54. The van der Waals surface area contributed by atoms with E-state index in [0.29, 0.717) is 19.0 Å². The standard InChI is InChI=1S/C21H30N4O2/c1-14-13-24(20(26)27-21(2,3)4)10-11-25(14)19-18-16(15-6-5-7-15)12-23-17(18)8-9-22-19/h8-9,12,14-15,23H,5-7,10-11,13H2,1-4H3. The average molecular weight is 370 g/mol. The number of carbonyl (C=O) groups excluding carboxylic acids is 1. The highest BCUT2D eigenvalue weighted by atomic mass is 16.6. The number of fused-ring (bicyclic) bond motifs is 1. The summed E-state index contributed by atoms with van der Waals surface area (Å²) < 4.78 is 5.54. The maximum absolute atomic E-state index is 12.4. The van der Waals surface area contributed by atoms with Crippen LogP contribution in [0.3, 0.4) is 0 Å². The quantitative estimate of drug-likeness (QED) is 0.857. The molecule has 0 bridgehead atoms. The molecule has 2 aromatic heterocycles. The summed E-state index contributed by atoms with van der Waals surface area (Å²) >= 11 is 0. The highest BCUT2D eigenvalue weighted by molar-refractivity contribution is 5.94. The molecule has 0 radical (unpaired) electrons. The fraction of sp³-hybridized carbons (Fsp3) is 0.619. The van der Waals surface area contributed by atoms with Crippen LogP contribution >= 0.6 is 0 Å². The molecule has 1 amide bonds. The summed E-state index contributed by atoms with van der Waals surface area (Å²) in [5.41, 5.74) is 2.10. The minimum atomic E-state index is -0.465. The van der Waals surface area contributed by atoms with Gasteiger partial charge in [0.15, 0.2) is 0 Å². The number of carbonyl (C=O) groups is 1. The van der Waals surface area contributed by atoms with Gasteiger partial charge in [0.05, 0.1) is 5.52 Å². The van der Waals surface area contributed by atoms with Gasteiger partial charge in [-0.1, -0.05) is 6.42 Å². The number of H-pyrrole nitrogens is 1. The van der Waals surface area contributed by atoms with Gasteiger partial charge in [-0.3, -0.25) is 0 Å². The smallest absolute Gasteiger partial charge is 0.410 e. The zero-order valence-electron chi connectivity index (χ0n) is 16.8. The normalized spacial score (nSPS) is 21.4. The van der Waals surface area contributed by atoms with E-state index >= 15 is 0 Å². The molecule has 3 heterocycles. The van der Waals surface area contributed by atoms with Crippen molar-refractivity contribution in [1.29, 1.82) is 0 Å². The molecular formula is C21H30N4O2. The maximum Gasteiger partial charge on any atom is 0.410 e. The Balaban J connectivity index is 1.56. The van der Waals surface area contributed by atoms with Crippen molar-refractivity contribution in [3.05, 3.63) is 24.0 Å². The van der Waals surface area contributed by atoms with E-state index in [0.717, 1.165) is 17.9 Å². The molecule has 1 saturated heterocycles. The van der Waals surface area contributed by atoms with Gasteiger partial charge in [-0.2, -0.15) is 0 Å². The van der Waals surface area contributed by atoms with E-state index in [1.54, 1.807) is 0 Å². The summed E-state index contributed by atoms with van der Waals surface area (Å²) in [4.78, 5) is 24.8. The number of nitrogens with zero attached hydrogens (tertiary/aromatic N) is 3. The van der Waals surface area contributed by atoms with Crippen molar-refractivity contribution in [3.63, 3.8) is 0 Å². The summed E-state index contributed by atoms with van der Waals surface area (Å²) in [5, 5.41) is 1.26. The molecule has 2 aliphatic rings. The third-order valence-electron chi connectivity index (χ3n) is 5.70. The van der Waals surface area contributed by atoms with Crippen LogP contribution in [0.2, 0.25) is 0 Å². The summed E-state index contributed by atoms with van der Waals surface area (Å²) in [7, 11) is 0. The molecule has 1 atom stereocenters. The Kier molecular flexibility index (Phi) is 4.52. The second-order valence-electron chi connectivity index (χ2n) is 8.90. The zero-order chi connectivity index (χ0) is 19.2. The van der Waals surface area contributed by atoms with Crippen molar-refractivity contribution in [1.82, 2.24) is 14.9 Å². The summed E-state index contributed by atoms with van der Waals surface area (Å²) in [5.74, 6) is 1.70. The van der Waals surface area contributed by atoms with Gasteiger partial charge < -0.3 is 19.5 Å². The van der Waals surface area contributed by atoms with Crippen LogP contribution < -0.4 is 4.90 Å². The van der Waals surface area contributed by atoms with E-state index in [1.807, 2.05) is 31.9 Å². The summed E-state index contributed by atoms with van der Waals surface area (Å²) in [6.07, 6.45) is 7.68. The zero-order valence-corrected chi connectivity index (χ0v) is 16.8. The first-order chi connectivity index (χ1) is 12.8. The third kappa shape index (κ3) is 3.49. The number of pyridine rings is 1. The van der Waals surface area contributed by atoms with Gasteiger partial charge in [-0.25, -0.2) is 9.78 Å². The number of aromatic nitrogens is 2. The fourth-order valence-electron chi connectivity index (χ4n) is 4.11. The number of ether oxygens (including phenoxy) is 1. The number of hydrogen-bond donors (Lipinski definition) is 1. The lowest BCUT2D eigenvalue weighted by molar-refractivity contribution is 0.0218. The predicted molar refractivity (Wildman–Crippen MR) is 107 cm³/mol. The molecule has 2 aromatic rings. The highest BCUT2D eigenvalue weighted by Crippen LogP contribution is 2.42. The number of aromatic amines is 1. The van der Waals surface area contributed by atoms with E-state index in [1.165, 1.54) is 30.2 Å². The van der Waals surface area contributed by atoms with Crippen LogP contribution in [0, 0.1) is 0 Å². The molecular weight excluding hydrogens is 340 g/mol. The molecule has 1 saturated carbocycles. The van der Waals surface area contributed by atoms with Crippen LogP contribution in [0.25, 0.3) is 10.9 Å². The van der Waals surface area contributed by atoms with Gasteiger partial charge in [0.1, 0.15) is 11.4 Å². The molecule has 1 aliphatic carbocycles. The highest BCUT2D eigenvalue weighted by Gasteiger charge is 2.32. The van der Waals surface area contributed by atoms with Crippen LogP contribution in [-0.2, 0) is 4.74 Å². The van der Waals surface area contributed by atoms with Gasteiger partial charge in [-0.05, 0) is 58.1 Å². The minimum absolute atomic E-state index is 0.188. The van der Waals surface area contributed by atoms with E-state index in [-0.39, 0.29) is 12.1 Å². The van der Waals surface area contributed by atoms with Crippen molar-refractivity contribution < 1.29 is 9.53 Å². The lowest BCUT2D eigenvalue weighted by Gasteiger charge is -2.41. The molecule has 1 unspecified atom stereocenters. The Labute approximate surface area is 160 Å². The summed E-state index contributed by atoms with van der Waals surface area (Å²) in [6, 6.07) is 2.25. The Hall–Kier alpha value is -2.24. The fourth-order valence-corrected chi connectivity index (χ4v) is 4.11. The van der Waals surface area contributed by atoms with Gasteiger partial charge in [-0.15, -0.1) is 0 Å². The third-order valence-corrected chi connectivity index (χ3v) is 5.70. The SMILES string of the molecule is CC1CN(C(=O)OC(C)(C)C)CCN1c1nccc2[nH]cc(C3CCC3)c12. The van der Waals surface area contributed by atoms with Crippen LogP contribution in [-0.4, -0.2) is 52.2 Å². The van der Waals surface area contributed by atoms with Gasteiger partial charge in [0, 0.05) is 43.5 Å². The predicted octanol–water partition coefficient (Wildman–Crippen LogP) is 4.28. The Morgan fingerprint density at radius 1 is 1.30 bits per heavy atom. The summed E-state index contributed by atoms with van der Waals surface area (Å²) in [6.45, 7) is 9.94. The monoisotopic (exact) mass is 370 g/mol. The minimum Gasteiger partial charge on any atom is -0.444 e. The number of rotatable bonds is 2. The number of nitrogens with one attached hydrogen (secondary N) is 1. The second-order valence-corrected chi connectivity index (χ2v) is 8.90.